The molecule has 50 heavy (non-hydrogen) atoms. The molecule has 15 heteroatoms. The number of carboxylic acid groups (broad SMARTS) is 1. The second-order valence-corrected chi connectivity index (χ2v) is 15.5. The third-order valence-electron chi connectivity index (χ3n) is 9.26. The van der Waals surface area contributed by atoms with E-state index in [0.29, 0.717) is 23.1 Å². The van der Waals surface area contributed by atoms with Crippen LogP contribution in [0.15, 0.2) is 56.8 Å². The summed E-state index contributed by atoms with van der Waals surface area (Å²) in [7, 11) is 0. The number of nitrogens with one attached hydrogen (secondary N) is 2. The molecule has 1 saturated carbocycles. The van der Waals surface area contributed by atoms with Crippen molar-refractivity contribution in [3.8, 4) is 22.3 Å². The van der Waals surface area contributed by atoms with E-state index >= 15 is 0 Å². The van der Waals surface area contributed by atoms with Crippen LogP contribution in [0, 0.1) is 5.92 Å². The number of carboxylic acids is 1. The molecule has 3 aliphatic rings. The molecular formula is C35H39N5O8S2. The van der Waals surface area contributed by atoms with Crippen LogP contribution in [0.5, 0.6) is 0 Å². The lowest BCUT2D eigenvalue weighted by Gasteiger charge is -2.30. The Hall–Kier alpha value is -4.63. The maximum absolute atomic E-state index is 14.4. The van der Waals surface area contributed by atoms with Crippen molar-refractivity contribution in [1.29, 1.82) is 0 Å². The average Bonchev–Trinajstić information content (AvgIpc) is 3.57. The summed E-state index contributed by atoms with van der Waals surface area (Å²) in [6.45, 7) is 4.90. The van der Waals surface area contributed by atoms with Crippen molar-refractivity contribution in [2.45, 2.75) is 88.6 Å². The fraction of sp³-hybridized carbons (Fsp3) is 0.457. The van der Waals surface area contributed by atoms with Crippen molar-refractivity contribution in [3.63, 3.8) is 0 Å². The molecule has 3 amide bonds. The van der Waals surface area contributed by atoms with Crippen molar-refractivity contribution < 1.29 is 33.8 Å². The first-order valence-corrected chi connectivity index (χ1v) is 18.4. The van der Waals surface area contributed by atoms with Gasteiger partial charge in [0, 0.05) is 37.3 Å². The van der Waals surface area contributed by atoms with Crippen LogP contribution in [0.1, 0.15) is 65.3 Å². The van der Waals surface area contributed by atoms with Crippen molar-refractivity contribution in [3.05, 3.63) is 62.4 Å². The van der Waals surface area contributed by atoms with Crippen molar-refractivity contribution in [2.24, 2.45) is 5.92 Å². The first-order valence-electron chi connectivity index (χ1n) is 16.5. The Bertz CT molecular complexity index is 1880. The highest BCUT2D eigenvalue weighted by Crippen LogP contribution is 2.45. The molecule has 5 heterocycles. The van der Waals surface area contributed by atoms with Gasteiger partial charge in [-0.05, 0) is 84.8 Å². The van der Waals surface area contributed by atoms with Crippen molar-refractivity contribution in [1.82, 2.24) is 25.3 Å². The Morgan fingerprint density at radius 2 is 1.80 bits per heavy atom. The standard InChI is InChI=1S/C35H39N5O8S2/c1-34(2,3)48-33(47)37-26-9-8-24(41)7-5-4-6-22-15-35(22,32(45)46)38-29(42)27-14-23(17-39(27)30(26)43)40-31(44)28(21-11-13-50-19-21)25(16-36-40)20-10-12-49-18-20/h4,6,10-13,16,18-19,22-23,26-27H,5,7-9,14-15,17H2,1-3H3,(H,37,47)(H,38,42)(H,45,46)/b6-4-/t22?,23-,26+,27+,35?/m1/s1. The summed E-state index contributed by atoms with van der Waals surface area (Å²) < 4.78 is 6.70. The second-order valence-electron chi connectivity index (χ2n) is 13.9. The zero-order valence-electron chi connectivity index (χ0n) is 27.9. The van der Waals surface area contributed by atoms with E-state index in [-0.39, 0.29) is 44.4 Å². The van der Waals surface area contributed by atoms with Crippen molar-refractivity contribution in [2.75, 3.05) is 6.54 Å². The number of Topliss-reactive ketones (excluding diaryl/α,β-unsaturated/α-hetero) is 1. The number of allylic oxidation sites excluding steroid dienone is 1. The summed E-state index contributed by atoms with van der Waals surface area (Å²) in [5.74, 6) is -3.19. The van der Waals surface area contributed by atoms with Gasteiger partial charge in [0.25, 0.3) is 5.56 Å². The number of alkyl carbamates (subject to hydrolysis) is 1. The lowest BCUT2D eigenvalue weighted by Crippen LogP contribution is -2.56. The zero-order chi connectivity index (χ0) is 35.8. The summed E-state index contributed by atoms with van der Waals surface area (Å²) in [4.78, 5) is 82.2. The van der Waals surface area contributed by atoms with Gasteiger partial charge in [-0.1, -0.05) is 12.2 Å². The van der Waals surface area contributed by atoms with E-state index in [1.807, 2.05) is 33.7 Å². The number of fused-ring (bicyclic) bond motifs is 2. The van der Waals surface area contributed by atoms with Gasteiger partial charge in [-0.15, -0.1) is 0 Å². The van der Waals surface area contributed by atoms with Gasteiger partial charge >= 0.3 is 12.1 Å². The molecule has 13 nitrogen and oxygen atoms in total. The number of ether oxygens (including phenoxy) is 1. The first kappa shape index (κ1) is 35.2. The van der Waals surface area contributed by atoms with Crippen LogP contribution in [-0.2, 0) is 23.9 Å². The highest BCUT2D eigenvalue weighted by atomic mass is 32.1. The molecule has 0 aromatic carbocycles. The van der Waals surface area contributed by atoms with Gasteiger partial charge in [-0.2, -0.15) is 27.8 Å². The Morgan fingerprint density at radius 1 is 1.08 bits per heavy atom. The molecule has 3 N–H and O–H groups in total. The third kappa shape index (κ3) is 7.29. The third-order valence-corrected chi connectivity index (χ3v) is 10.6. The number of ketones is 1. The Morgan fingerprint density at radius 3 is 2.46 bits per heavy atom. The SMILES string of the molecule is CC(C)(C)OC(=O)N[C@H]1CCC(=O)CC/C=C\C2CC2(C(=O)O)NC(=O)[C@@H]2C[C@@H](n3ncc(-c4ccsc4)c(-c4ccsc4)c3=O)CN2C1=O. The van der Waals surface area contributed by atoms with Crippen LogP contribution in [-0.4, -0.2) is 79.2 Å². The number of nitrogens with zero attached hydrogens (tertiary/aromatic N) is 3. The number of thiophene rings is 2. The monoisotopic (exact) mass is 721 g/mol. The van der Waals surface area contributed by atoms with Gasteiger partial charge < -0.3 is 25.4 Å². The molecular weight excluding hydrogens is 683 g/mol. The number of hydrogen-bond acceptors (Lipinski definition) is 10. The normalized spacial score (nSPS) is 26.5. The smallest absolute Gasteiger partial charge is 0.408 e. The predicted molar refractivity (Wildman–Crippen MR) is 187 cm³/mol. The van der Waals surface area contributed by atoms with Crippen LogP contribution in [0.4, 0.5) is 4.79 Å². The van der Waals surface area contributed by atoms with Gasteiger partial charge in [0.15, 0.2) is 0 Å². The van der Waals surface area contributed by atoms with Crippen LogP contribution >= 0.6 is 22.7 Å². The Labute approximate surface area is 296 Å². The van der Waals surface area contributed by atoms with Crippen LogP contribution in [0.2, 0.25) is 0 Å². The number of hydrogen-bond donors (Lipinski definition) is 3. The molecule has 0 spiro atoms. The highest BCUT2D eigenvalue weighted by Gasteiger charge is 2.61. The lowest BCUT2D eigenvalue weighted by atomic mass is 10.0. The van der Waals surface area contributed by atoms with Crippen LogP contribution in [0.25, 0.3) is 22.3 Å². The van der Waals surface area contributed by atoms with E-state index in [2.05, 4.69) is 15.7 Å². The van der Waals surface area contributed by atoms with Gasteiger partial charge in [0.1, 0.15) is 29.0 Å². The number of carbonyl (C=O) groups is 5. The van der Waals surface area contributed by atoms with E-state index in [4.69, 9.17) is 4.74 Å². The molecule has 1 aliphatic carbocycles. The zero-order valence-corrected chi connectivity index (χ0v) is 29.6. The van der Waals surface area contributed by atoms with Gasteiger partial charge in [-0.3, -0.25) is 19.2 Å². The minimum atomic E-state index is -1.57. The topological polar surface area (TPSA) is 177 Å². The largest absolute Gasteiger partial charge is 0.479 e. The van der Waals surface area contributed by atoms with E-state index in [0.717, 1.165) is 5.56 Å². The van der Waals surface area contributed by atoms with E-state index in [1.54, 1.807) is 39.1 Å². The molecule has 2 fully saturated rings. The molecule has 0 bridgehead atoms. The minimum absolute atomic E-state index is 0.0221. The summed E-state index contributed by atoms with van der Waals surface area (Å²) in [5, 5.41) is 27.6. The number of amides is 3. The Balaban J connectivity index is 1.39. The first-order chi connectivity index (χ1) is 23.8. The Kier molecular flexibility index (Phi) is 9.82. The maximum Gasteiger partial charge on any atom is 0.408 e. The van der Waals surface area contributed by atoms with E-state index in [1.165, 1.54) is 32.3 Å². The summed E-state index contributed by atoms with van der Waals surface area (Å²) >= 11 is 2.93. The molecule has 5 atom stereocenters. The van der Waals surface area contributed by atoms with Gasteiger partial charge in [0.2, 0.25) is 11.8 Å². The van der Waals surface area contributed by atoms with Crippen LogP contribution < -0.4 is 16.2 Å². The molecule has 3 aromatic heterocycles. The summed E-state index contributed by atoms with van der Waals surface area (Å²) in [5.41, 5.74) is -0.223. The maximum atomic E-state index is 14.4. The molecule has 264 valence electrons. The number of aliphatic carboxylic acids is 1. The average molecular weight is 722 g/mol. The molecule has 2 aliphatic heterocycles. The second kappa shape index (κ2) is 13.9. The predicted octanol–water partition coefficient (Wildman–Crippen LogP) is 4.39. The fourth-order valence-electron chi connectivity index (χ4n) is 6.64. The lowest BCUT2D eigenvalue weighted by molar-refractivity contribution is -0.145. The molecule has 1 saturated heterocycles. The molecule has 2 unspecified atom stereocenters. The summed E-state index contributed by atoms with van der Waals surface area (Å²) in [6.07, 6.45) is 4.76. The molecule has 3 aromatic rings. The number of rotatable bonds is 5. The number of carbonyl (C=O) groups excluding carboxylic acids is 4. The fourth-order valence-corrected chi connectivity index (χ4v) is 7.94. The molecule has 0 radical (unpaired) electrons. The molecule has 6 rings (SSSR count). The summed E-state index contributed by atoms with van der Waals surface area (Å²) in [6, 6.07) is 0.537. The number of aromatic nitrogens is 2. The van der Waals surface area contributed by atoms with Gasteiger partial charge in [-0.25, -0.2) is 14.3 Å². The van der Waals surface area contributed by atoms with E-state index < -0.39 is 64.6 Å². The highest BCUT2D eigenvalue weighted by molar-refractivity contribution is 7.08. The van der Waals surface area contributed by atoms with Crippen molar-refractivity contribution >= 4 is 52.3 Å². The van der Waals surface area contributed by atoms with Gasteiger partial charge in [0.05, 0.1) is 17.8 Å². The van der Waals surface area contributed by atoms with Crippen LogP contribution in [0.3, 0.4) is 0 Å². The van der Waals surface area contributed by atoms with E-state index in [9.17, 15) is 33.9 Å². The minimum Gasteiger partial charge on any atom is -0.479 e. The quantitative estimate of drug-likeness (QED) is 0.323.